The van der Waals surface area contributed by atoms with Crippen LogP contribution in [0.5, 0.6) is 5.75 Å². The summed E-state index contributed by atoms with van der Waals surface area (Å²) in [7, 11) is 1.53. The van der Waals surface area contributed by atoms with E-state index in [2.05, 4.69) is 16.8 Å². The third-order valence-corrected chi connectivity index (χ3v) is 6.89. The molecule has 1 aliphatic rings. The van der Waals surface area contributed by atoms with Gasteiger partial charge in [0.2, 0.25) is 0 Å². The highest BCUT2D eigenvalue weighted by Crippen LogP contribution is 2.32. The molecule has 37 heavy (non-hydrogen) atoms. The number of pyridine rings is 1. The molecule has 1 aromatic heterocycles. The van der Waals surface area contributed by atoms with Crippen molar-refractivity contribution in [3.05, 3.63) is 70.4 Å². The van der Waals surface area contributed by atoms with Gasteiger partial charge in [0.25, 0.3) is 0 Å². The summed E-state index contributed by atoms with van der Waals surface area (Å²) in [6, 6.07) is 8.30. The molecule has 1 saturated heterocycles. The third-order valence-electron chi connectivity index (χ3n) is 6.61. The van der Waals surface area contributed by atoms with E-state index < -0.39 is 23.5 Å². The van der Waals surface area contributed by atoms with E-state index in [1.54, 1.807) is 18.2 Å². The number of benzene rings is 2. The Bertz CT molecular complexity index is 1380. The molecule has 6 nitrogen and oxygen atoms in total. The highest BCUT2D eigenvalue weighted by Gasteiger charge is 2.34. The maximum atomic E-state index is 13.3. The SMILES string of the molecule is COc1ccc2ncc(Cl)c(C(=O)CC[C@H]3CCN(CC#Cc4cc(F)cc(F)c4)C[C@H]3C(=O)O)c2c1. The number of carboxylic acid groups (broad SMARTS) is 1. The minimum atomic E-state index is -0.931. The van der Waals surface area contributed by atoms with Gasteiger partial charge >= 0.3 is 5.97 Å². The average molecular weight is 527 g/mol. The Labute approximate surface area is 218 Å². The predicted molar refractivity (Wildman–Crippen MR) is 136 cm³/mol. The number of carboxylic acids is 1. The van der Waals surface area contributed by atoms with E-state index >= 15 is 0 Å². The van der Waals surface area contributed by atoms with Gasteiger partial charge in [-0.15, -0.1) is 0 Å². The number of hydrogen-bond donors (Lipinski definition) is 1. The minimum Gasteiger partial charge on any atom is -0.497 e. The lowest BCUT2D eigenvalue weighted by molar-refractivity contribution is -0.146. The number of likely N-dealkylation sites (tertiary alicyclic amines) is 1. The van der Waals surface area contributed by atoms with Gasteiger partial charge in [-0.25, -0.2) is 8.78 Å². The molecular formula is C28H25ClF2N2O4. The molecule has 0 bridgehead atoms. The molecule has 1 fully saturated rings. The third kappa shape index (κ3) is 6.43. The summed E-state index contributed by atoms with van der Waals surface area (Å²) in [5, 5.41) is 10.7. The van der Waals surface area contributed by atoms with Gasteiger partial charge in [-0.3, -0.25) is 19.5 Å². The van der Waals surface area contributed by atoms with E-state index in [9.17, 15) is 23.5 Å². The van der Waals surface area contributed by atoms with Crippen LogP contribution in [0.1, 0.15) is 35.2 Å². The van der Waals surface area contributed by atoms with Gasteiger partial charge in [0, 0.05) is 41.7 Å². The minimum absolute atomic E-state index is 0.148. The number of ether oxygens (including phenoxy) is 1. The summed E-state index contributed by atoms with van der Waals surface area (Å²) in [4.78, 5) is 31.4. The second-order valence-corrected chi connectivity index (χ2v) is 9.42. The van der Waals surface area contributed by atoms with Crippen LogP contribution in [0.15, 0.2) is 42.6 Å². The van der Waals surface area contributed by atoms with Crippen molar-refractivity contribution in [2.24, 2.45) is 11.8 Å². The van der Waals surface area contributed by atoms with E-state index in [4.69, 9.17) is 16.3 Å². The Morgan fingerprint density at radius 2 is 1.97 bits per heavy atom. The lowest BCUT2D eigenvalue weighted by atomic mass is 9.81. The van der Waals surface area contributed by atoms with E-state index in [1.165, 1.54) is 13.3 Å². The molecule has 0 saturated carbocycles. The molecule has 0 spiro atoms. The quantitative estimate of drug-likeness (QED) is 0.336. The zero-order chi connectivity index (χ0) is 26.5. The highest BCUT2D eigenvalue weighted by molar-refractivity contribution is 6.35. The van der Waals surface area contributed by atoms with E-state index in [1.807, 2.05) is 4.90 Å². The number of Topliss-reactive ketones (excluding diaryl/α,β-unsaturated/α-hetero) is 1. The van der Waals surface area contributed by atoms with Gasteiger partial charge in [0.05, 0.1) is 30.1 Å². The summed E-state index contributed by atoms with van der Waals surface area (Å²) < 4.78 is 32.0. The molecule has 0 amide bonds. The van der Waals surface area contributed by atoms with Gasteiger partial charge in [-0.2, -0.15) is 0 Å². The van der Waals surface area contributed by atoms with Crippen LogP contribution >= 0.6 is 11.6 Å². The monoisotopic (exact) mass is 526 g/mol. The smallest absolute Gasteiger partial charge is 0.308 e. The topological polar surface area (TPSA) is 79.7 Å². The fourth-order valence-electron chi connectivity index (χ4n) is 4.72. The van der Waals surface area contributed by atoms with Crippen molar-refractivity contribution in [2.75, 3.05) is 26.7 Å². The van der Waals surface area contributed by atoms with Crippen LogP contribution in [0.2, 0.25) is 5.02 Å². The molecule has 4 rings (SSSR count). The highest BCUT2D eigenvalue weighted by atomic mass is 35.5. The first-order chi connectivity index (χ1) is 17.7. The van der Waals surface area contributed by atoms with Crippen molar-refractivity contribution >= 4 is 34.3 Å². The van der Waals surface area contributed by atoms with Crippen LogP contribution in [0.25, 0.3) is 10.9 Å². The van der Waals surface area contributed by atoms with Gasteiger partial charge < -0.3 is 9.84 Å². The van der Waals surface area contributed by atoms with Crippen molar-refractivity contribution < 1.29 is 28.2 Å². The largest absolute Gasteiger partial charge is 0.497 e. The summed E-state index contributed by atoms with van der Waals surface area (Å²) in [6.45, 7) is 1.15. The number of piperidine rings is 1. The number of ketones is 1. The van der Waals surface area contributed by atoms with Gasteiger partial charge in [-0.1, -0.05) is 23.4 Å². The second kappa shape index (κ2) is 11.7. The van der Waals surface area contributed by atoms with Crippen molar-refractivity contribution in [3.63, 3.8) is 0 Å². The van der Waals surface area contributed by atoms with Crippen molar-refractivity contribution in [3.8, 4) is 17.6 Å². The fourth-order valence-corrected chi connectivity index (χ4v) is 4.97. The number of halogens is 3. The van der Waals surface area contributed by atoms with Gasteiger partial charge in [0.15, 0.2) is 5.78 Å². The van der Waals surface area contributed by atoms with Crippen LogP contribution in [-0.2, 0) is 4.79 Å². The lowest BCUT2D eigenvalue weighted by Crippen LogP contribution is -2.44. The van der Waals surface area contributed by atoms with Crippen LogP contribution < -0.4 is 4.74 Å². The number of carbonyl (C=O) groups excluding carboxylic acids is 1. The summed E-state index contributed by atoms with van der Waals surface area (Å²) in [6.07, 6.45) is 2.58. The number of aromatic nitrogens is 1. The summed E-state index contributed by atoms with van der Waals surface area (Å²) in [5.41, 5.74) is 1.20. The molecule has 0 unspecified atom stereocenters. The zero-order valence-electron chi connectivity index (χ0n) is 20.1. The first kappa shape index (κ1) is 26.5. The number of hydrogen-bond acceptors (Lipinski definition) is 5. The Morgan fingerprint density at radius 1 is 1.22 bits per heavy atom. The summed E-state index contributed by atoms with van der Waals surface area (Å²) >= 11 is 6.34. The Hall–Kier alpha value is -3.54. The first-order valence-electron chi connectivity index (χ1n) is 11.8. The van der Waals surface area contributed by atoms with E-state index in [0.29, 0.717) is 41.6 Å². The fraction of sp³-hybridized carbons (Fsp3) is 0.321. The number of methoxy groups -OCH3 is 1. The number of rotatable bonds is 7. The Kier molecular flexibility index (Phi) is 8.37. The molecule has 1 aliphatic heterocycles. The van der Waals surface area contributed by atoms with Crippen molar-refractivity contribution in [1.82, 2.24) is 9.88 Å². The van der Waals surface area contributed by atoms with Crippen molar-refractivity contribution in [2.45, 2.75) is 19.3 Å². The molecule has 1 N–H and O–H groups in total. The lowest BCUT2D eigenvalue weighted by Gasteiger charge is -2.35. The molecule has 2 atom stereocenters. The summed E-state index contributed by atoms with van der Waals surface area (Å²) in [5.74, 6) is 2.80. The first-order valence-corrected chi connectivity index (χ1v) is 12.2. The maximum Gasteiger partial charge on any atom is 0.308 e. The standard InChI is InChI=1S/C28H25ClF2N2O4/c1-37-21-5-6-25-22(14-21)27(24(29)15-32-25)26(34)7-4-18-8-10-33(16-23(18)28(35)36)9-2-3-17-11-19(30)13-20(31)12-17/h5-6,11-15,18,23H,4,7-10,16H2,1H3,(H,35,36)/t18-,23+/m0/s1. The van der Waals surface area contributed by atoms with Crippen LogP contribution in [0.4, 0.5) is 8.78 Å². The van der Waals surface area contributed by atoms with E-state index in [0.717, 1.165) is 18.2 Å². The molecule has 192 valence electrons. The average Bonchev–Trinajstić information content (AvgIpc) is 2.86. The molecule has 3 aromatic rings. The molecular weight excluding hydrogens is 502 g/mol. The van der Waals surface area contributed by atoms with E-state index in [-0.39, 0.29) is 41.8 Å². The van der Waals surface area contributed by atoms with Crippen LogP contribution in [0.3, 0.4) is 0 Å². The Balaban J connectivity index is 1.41. The number of nitrogens with zero attached hydrogens (tertiary/aromatic N) is 2. The maximum absolute atomic E-state index is 13.3. The normalized spacial score (nSPS) is 17.7. The number of fused-ring (bicyclic) bond motifs is 1. The van der Waals surface area contributed by atoms with Crippen LogP contribution in [-0.4, -0.2) is 53.5 Å². The molecule has 2 heterocycles. The van der Waals surface area contributed by atoms with Gasteiger partial charge in [0.1, 0.15) is 17.4 Å². The zero-order valence-corrected chi connectivity index (χ0v) is 20.9. The molecule has 9 heteroatoms. The number of carbonyl (C=O) groups is 2. The van der Waals surface area contributed by atoms with Crippen LogP contribution in [0, 0.1) is 35.3 Å². The van der Waals surface area contributed by atoms with Crippen molar-refractivity contribution in [1.29, 1.82) is 0 Å². The molecule has 0 aliphatic carbocycles. The molecule has 2 aromatic carbocycles. The predicted octanol–water partition coefficient (Wildman–Crippen LogP) is 5.21. The number of aliphatic carboxylic acids is 1. The molecule has 0 radical (unpaired) electrons. The Morgan fingerprint density at radius 3 is 2.68 bits per heavy atom. The second-order valence-electron chi connectivity index (χ2n) is 9.01. The van der Waals surface area contributed by atoms with Gasteiger partial charge in [-0.05, 0) is 55.6 Å².